The number of halogens is 1. The molecule has 0 spiro atoms. The molecule has 6 heteroatoms. The minimum absolute atomic E-state index is 0.0851. The van der Waals surface area contributed by atoms with E-state index in [1.54, 1.807) is 19.2 Å². The molecule has 0 saturated heterocycles. The van der Waals surface area contributed by atoms with E-state index in [1.807, 2.05) is 36.4 Å². The number of hydrogen-bond donors (Lipinski definition) is 2. The van der Waals surface area contributed by atoms with Crippen LogP contribution in [0, 0.1) is 0 Å². The lowest BCUT2D eigenvalue weighted by atomic mass is 10.1. The molecule has 126 valence electrons. The van der Waals surface area contributed by atoms with Crippen molar-refractivity contribution in [3.8, 4) is 5.75 Å². The summed E-state index contributed by atoms with van der Waals surface area (Å²) in [7, 11) is 1.60. The Morgan fingerprint density at radius 1 is 0.958 bits per heavy atom. The van der Waals surface area contributed by atoms with Crippen LogP contribution in [0.1, 0.15) is 15.9 Å². The van der Waals surface area contributed by atoms with Crippen LogP contribution in [0.25, 0.3) is 0 Å². The Labute approximate surface area is 149 Å². The van der Waals surface area contributed by atoms with Gasteiger partial charge in [-0.05, 0) is 42.0 Å². The fraction of sp³-hybridized carbons (Fsp3) is 0.222. The van der Waals surface area contributed by atoms with Gasteiger partial charge in [0, 0.05) is 23.1 Å². The maximum Gasteiger partial charge on any atom is 0.251 e. The average Bonchev–Trinajstić information content (AvgIpc) is 2.60. The van der Waals surface area contributed by atoms with Crippen molar-refractivity contribution in [2.45, 2.75) is 6.42 Å². The molecule has 0 aliphatic carbocycles. The van der Waals surface area contributed by atoms with Crippen molar-refractivity contribution in [1.82, 2.24) is 10.6 Å². The van der Waals surface area contributed by atoms with Crippen LogP contribution in [0.2, 0.25) is 0 Å². The number of benzene rings is 2. The fourth-order valence-corrected chi connectivity index (χ4v) is 2.34. The second-order valence-electron chi connectivity index (χ2n) is 5.14. The Morgan fingerprint density at radius 3 is 2.21 bits per heavy atom. The van der Waals surface area contributed by atoms with Crippen molar-refractivity contribution in [1.29, 1.82) is 0 Å². The zero-order valence-electron chi connectivity index (χ0n) is 13.3. The summed E-state index contributed by atoms with van der Waals surface area (Å²) in [5, 5.41) is 5.55. The van der Waals surface area contributed by atoms with Crippen molar-refractivity contribution >= 4 is 27.7 Å². The maximum atomic E-state index is 11.9. The molecule has 2 N–H and O–H groups in total. The van der Waals surface area contributed by atoms with Crippen LogP contribution in [-0.4, -0.2) is 32.0 Å². The predicted molar refractivity (Wildman–Crippen MR) is 96.2 cm³/mol. The van der Waals surface area contributed by atoms with Gasteiger partial charge in [-0.15, -0.1) is 0 Å². The second kappa shape index (κ2) is 9.08. The molecule has 0 aliphatic rings. The largest absolute Gasteiger partial charge is 0.497 e. The lowest BCUT2D eigenvalue weighted by molar-refractivity contribution is -0.120. The first-order valence-electron chi connectivity index (χ1n) is 7.52. The van der Waals surface area contributed by atoms with Gasteiger partial charge in [0.2, 0.25) is 5.91 Å². The first kappa shape index (κ1) is 18.0. The maximum absolute atomic E-state index is 11.9. The lowest BCUT2D eigenvalue weighted by Gasteiger charge is -2.08. The molecule has 2 rings (SSSR count). The third-order valence-corrected chi connectivity index (χ3v) is 3.89. The number of hydrogen-bond acceptors (Lipinski definition) is 3. The van der Waals surface area contributed by atoms with Crippen LogP contribution < -0.4 is 15.4 Å². The van der Waals surface area contributed by atoms with Crippen LogP contribution in [0.5, 0.6) is 5.75 Å². The molecule has 0 fully saturated rings. The standard InChI is InChI=1S/C18H19BrN2O3/c1-24-16-8-2-13(3-9-16)12-17(22)20-10-11-21-18(23)14-4-6-15(19)7-5-14/h2-9H,10-12H2,1H3,(H,20,22)(H,21,23). The molecular weight excluding hydrogens is 372 g/mol. The summed E-state index contributed by atoms with van der Waals surface area (Å²) in [4.78, 5) is 23.8. The first-order valence-corrected chi connectivity index (χ1v) is 8.31. The van der Waals surface area contributed by atoms with Gasteiger partial charge in [-0.3, -0.25) is 9.59 Å². The molecule has 24 heavy (non-hydrogen) atoms. The Kier molecular flexibility index (Phi) is 6.81. The molecule has 0 radical (unpaired) electrons. The van der Waals surface area contributed by atoms with E-state index in [9.17, 15) is 9.59 Å². The third kappa shape index (κ3) is 5.70. The van der Waals surface area contributed by atoms with Crippen molar-refractivity contribution in [2.75, 3.05) is 20.2 Å². The summed E-state index contributed by atoms with van der Waals surface area (Å²) in [5.74, 6) is 0.514. The highest BCUT2D eigenvalue weighted by atomic mass is 79.9. The molecular formula is C18H19BrN2O3. The first-order chi connectivity index (χ1) is 11.6. The van der Waals surface area contributed by atoms with Gasteiger partial charge < -0.3 is 15.4 Å². The van der Waals surface area contributed by atoms with E-state index in [2.05, 4.69) is 26.6 Å². The van der Waals surface area contributed by atoms with E-state index in [0.717, 1.165) is 15.8 Å². The summed E-state index contributed by atoms with van der Waals surface area (Å²) < 4.78 is 6.00. The van der Waals surface area contributed by atoms with E-state index in [1.165, 1.54) is 0 Å². The summed E-state index contributed by atoms with van der Waals surface area (Å²) in [6.07, 6.45) is 0.296. The van der Waals surface area contributed by atoms with Crippen LogP contribution in [0.4, 0.5) is 0 Å². The van der Waals surface area contributed by atoms with Crippen LogP contribution in [-0.2, 0) is 11.2 Å². The van der Waals surface area contributed by atoms with Gasteiger partial charge in [0.15, 0.2) is 0 Å². The normalized spacial score (nSPS) is 10.1. The highest BCUT2D eigenvalue weighted by Crippen LogP contribution is 2.11. The van der Waals surface area contributed by atoms with Gasteiger partial charge in [-0.1, -0.05) is 28.1 Å². The molecule has 2 aromatic carbocycles. The zero-order chi connectivity index (χ0) is 17.4. The minimum Gasteiger partial charge on any atom is -0.497 e. The molecule has 0 bridgehead atoms. The number of nitrogens with one attached hydrogen (secondary N) is 2. The van der Waals surface area contributed by atoms with E-state index in [-0.39, 0.29) is 11.8 Å². The molecule has 0 unspecified atom stereocenters. The summed E-state index contributed by atoms with van der Waals surface area (Å²) >= 11 is 3.32. The van der Waals surface area contributed by atoms with E-state index in [4.69, 9.17) is 4.74 Å². The summed E-state index contributed by atoms with van der Waals surface area (Å²) in [6, 6.07) is 14.4. The number of carbonyl (C=O) groups excluding carboxylic acids is 2. The van der Waals surface area contributed by atoms with Crippen molar-refractivity contribution in [3.05, 3.63) is 64.1 Å². The SMILES string of the molecule is COc1ccc(CC(=O)NCCNC(=O)c2ccc(Br)cc2)cc1. The molecule has 2 amide bonds. The third-order valence-electron chi connectivity index (χ3n) is 3.36. The highest BCUT2D eigenvalue weighted by Gasteiger charge is 2.06. The number of carbonyl (C=O) groups is 2. The molecule has 0 saturated carbocycles. The van der Waals surface area contributed by atoms with Crippen molar-refractivity contribution < 1.29 is 14.3 Å². The predicted octanol–water partition coefficient (Wildman–Crippen LogP) is 2.55. The molecule has 0 aliphatic heterocycles. The number of rotatable bonds is 7. The molecule has 5 nitrogen and oxygen atoms in total. The van der Waals surface area contributed by atoms with Gasteiger partial charge in [-0.2, -0.15) is 0 Å². The number of methoxy groups -OCH3 is 1. The lowest BCUT2D eigenvalue weighted by Crippen LogP contribution is -2.35. The van der Waals surface area contributed by atoms with E-state index >= 15 is 0 Å². The molecule has 0 aromatic heterocycles. The summed E-state index contributed by atoms with van der Waals surface area (Å²) in [5.41, 5.74) is 1.50. The van der Waals surface area contributed by atoms with E-state index < -0.39 is 0 Å². The smallest absolute Gasteiger partial charge is 0.251 e. The Bertz CT molecular complexity index is 684. The van der Waals surface area contributed by atoms with Gasteiger partial charge in [0.25, 0.3) is 5.91 Å². The van der Waals surface area contributed by atoms with Crippen LogP contribution in [0.15, 0.2) is 53.0 Å². The zero-order valence-corrected chi connectivity index (χ0v) is 14.9. The van der Waals surface area contributed by atoms with Crippen molar-refractivity contribution in [3.63, 3.8) is 0 Å². The van der Waals surface area contributed by atoms with Gasteiger partial charge >= 0.3 is 0 Å². The summed E-state index contributed by atoms with van der Waals surface area (Å²) in [6.45, 7) is 0.764. The Hall–Kier alpha value is -2.34. The van der Waals surface area contributed by atoms with Gasteiger partial charge in [0.05, 0.1) is 13.5 Å². The fourth-order valence-electron chi connectivity index (χ4n) is 2.07. The van der Waals surface area contributed by atoms with Crippen LogP contribution in [0.3, 0.4) is 0 Å². The molecule has 0 atom stereocenters. The number of amides is 2. The highest BCUT2D eigenvalue weighted by molar-refractivity contribution is 9.10. The molecule has 2 aromatic rings. The minimum atomic E-state index is -0.160. The Balaban J connectivity index is 1.68. The number of ether oxygens (including phenoxy) is 1. The topological polar surface area (TPSA) is 67.4 Å². The Morgan fingerprint density at radius 2 is 1.58 bits per heavy atom. The van der Waals surface area contributed by atoms with Crippen LogP contribution >= 0.6 is 15.9 Å². The second-order valence-corrected chi connectivity index (χ2v) is 6.05. The van der Waals surface area contributed by atoms with Gasteiger partial charge in [0.1, 0.15) is 5.75 Å². The average molecular weight is 391 g/mol. The quantitative estimate of drug-likeness (QED) is 0.713. The monoisotopic (exact) mass is 390 g/mol. The van der Waals surface area contributed by atoms with Gasteiger partial charge in [-0.25, -0.2) is 0 Å². The molecule has 0 heterocycles. The van der Waals surface area contributed by atoms with Crippen molar-refractivity contribution in [2.24, 2.45) is 0 Å². The van der Waals surface area contributed by atoms with E-state index in [0.29, 0.717) is 25.1 Å².